The Labute approximate surface area is 193 Å². The van der Waals surface area contributed by atoms with Crippen molar-refractivity contribution in [3.8, 4) is 11.5 Å². The van der Waals surface area contributed by atoms with Gasteiger partial charge in [0.05, 0.1) is 31.3 Å². The van der Waals surface area contributed by atoms with Crippen LogP contribution < -0.4 is 16.4 Å². The molecule has 31 heavy (non-hydrogen) atoms. The van der Waals surface area contributed by atoms with Gasteiger partial charge in [0.1, 0.15) is 17.2 Å². The number of hydrogen-bond donors (Lipinski definition) is 2. The SMILES string of the molecule is [2H]c1nc2c(c(-c3nc(N)c(N(C(=O)OC)C([2H])([2H])[2H])c(N)n3)nn2C([2H])([2H])c2c([2H])c([2H])c([2H])c([2H])c2F)c([2H])c1[2H]. The number of fused-ring (bicyclic) bond motifs is 1. The Morgan fingerprint density at radius 1 is 1.29 bits per heavy atom. The van der Waals surface area contributed by atoms with Crippen LogP contribution in [0.4, 0.5) is 26.5 Å². The molecule has 1 amide bonds. The Balaban J connectivity index is 2.08. The Morgan fingerprint density at radius 2 is 2.03 bits per heavy atom. The molecule has 3 aromatic heterocycles. The van der Waals surface area contributed by atoms with Crippen molar-refractivity contribution in [2.24, 2.45) is 0 Å². The maximum Gasteiger partial charge on any atom is 0.413 e. The summed E-state index contributed by atoms with van der Waals surface area (Å²) in [6.45, 7) is -6.44. The van der Waals surface area contributed by atoms with Crippen LogP contribution >= 0.6 is 0 Å². The Kier molecular flexibility index (Phi) is 2.57. The molecule has 0 saturated carbocycles. The van der Waals surface area contributed by atoms with Crippen molar-refractivity contribution in [1.29, 1.82) is 0 Å². The summed E-state index contributed by atoms with van der Waals surface area (Å²) in [6.07, 6.45) is -2.22. The van der Waals surface area contributed by atoms with Gasteiger partial charge in [-0.25, -0.2) is 28.8 Å². The van der Waals surface area contributed by atoms with E-state index in [2.05, 4.69) is 24.8 Å². The molecule has 0 atom stereocenters. The average molecular weight is 434 g/mol. The molecular weight excluding hydrogens is 403 g/mol. The first-order chi connectivity index (χ1) is 19.8. The van der Waals surface area contributed by atoms with E-state index < -0.39 is 113 Å². The molecule has 0 fully saturated rings. The number of halogens is 1. The fourth-order valence-corrected chi connectivity index (χ4v) is 2.52. The lowest BCUT2D eigenvalue weighted by molar-refractivity contribution is 0.180. The van der Waals surface area contributed by atoms with Crippen LogP contribution in [0.3, 0.4) is 0 Å². The number of nitrogen functional groups attached to an aromatic ring is 2. The van der Waals surface area contributed by atoms with Crippen molar-refractivity contribution in [3.05, 3.63) is 53.8 Å². The first-order valence-corrected chi connectivity index (χ1v) is 8.22. The van der Waals surface area contributed by atoms with E-state index in [-0.39, 0.29) is 4.90 Å². The number of carbonyl (C=O) groups is 1. The van der Waals surface area contributed by atoms with Gasteiger partial charge in [-0.2, -0.15) is 5.10 Å². The standard InChI is InChI=1S/C20H19FN8O2/c1-28(20(30)31-2)15-16(22)25-18(26-17(15)23)14-12-7-5-9-24-19(12)29(27-14)10-11-6-3-4-8-13(11)21/h3-9H,10H2,1-2H3,(H4,22,23,25,26)/i1D3,3D,4D,5D,6D,7D,8D,9D,10D2. The maximum atomic E-state index is 15.2. The third-order valence-electron chi connectivity index (χ3n) is 3.86. The minimum Gasteiger partial charge on any atom is -0.452 e. The molecule has 0 aliphatic heterocycles. The second-order valence-corrected chi connectivity index (χ2v) is 5.71. The quantitative estimate of drug-likeness (QED) is 0.499. The summed E-state index contributed by atoms with van der Waals surface area (Å²) in [4.78, 5) is 24.0. The maximum absolute atomic E-state index is 15.2. The molecule has 4 aromatic rings. The second kappa shape index (κ2) is 7.86. The van der Waals surface area contributed by atoms with Gasteiger partial charge in [0.2, 0.25) is 0 Å². The van der Waals surface area contributed by atoms with Gasteiger partial charge in [-0.05, 0) is 18.1 Å². The number of methoxy groups -OCH3 is 1. The van der Waals surface area contributed by atoms with E-state index in [0.29, 0.717) is 4.68 Å². The summed E-state index contributed by atoms with van der Waals surface area (Å²) in [7, 11) is 0.896. The van der Waals surface area contributed by atoms with E-state index in [9.17, 15) is 4.79 Å². The van der Waals surface area contributed by atoms with E-state index in [0.717, 1.165) is 7.11 Å². The van der Waals surface area contributed by atoms with Crippen molar-refractivity contribution in [3.63, 3.8) is 0 Å². The van der Waals surface area contributed by atoms with E-state index >= 15 is 4.39 Å². The lowest BCUT2D eigenvalue weighted by Crippen LogP contribution is -2.28. The number of nitrogens with two attached hydrogens (primary N) is 2. The molecular formula is C20H19FN8O2. The number of ether oxygens (including phenoxy) is 1. The van der Waals surface area contributed by atoms with E-state index in [1.807, 2.05) is 0 Å². The van der Waals surface area contributed by atoms with Crippen LogP contribution in [0.5, 0.6) is 0 Å². The number of carbonyl (C=O) groups excluding carboxylic acids is 1. The fourth-order valence-electron chi connectivity index (χ4n) is 2.52. The van der Waals surface area contributed by atoms with Crippen molar-refractivity contribution >= 4 is 34.4 Å². The second-order valence-electron chi connectivity index (χ2n) is 5.71. The molecule has 4 rings (SSSR count). The highest BCUT2D eigenvalue weighted by Crippen LogP contribution is 2.32. The highest BCUT2D eigenvalue weighted by Gasteiger charge is 2.23. The summed E-state index contributed by atoms with van der Waals surface area (Å²) in [5, 5.41) is 3.52. The zero-order valence-electron chi connectivity index (χ0n) is 27.5. The summed E-state index contributed by atoms with van der Waals surface area (Å²) < 4.78 is 116. The van der Waals surface area contributed by atoms with Gasteiger partial charge in [0.15, 0.2) is 23.1 Å². The smallest absolute Gasteiger partial charge is 0.413 e. The predicted molar refractivity (Wildman–Crippen MR) is 114 cm³/mol. The molecule has 4 N–H and O–H groups in total. The van der Waals surface area contributed by atoms with Gasteiger partial charge in [-0.1, -0.05) is 18.1 Å². The molecule has 0 unspecified atom stereocenters. The number of anilines is 3. The van der Waals surface area contributed by atoms with Crippen molar-refractivity contribution in [2.75, 3.05) is 30.5 Å². The van der Waals surface area contributed by atoms with Gasteiger partial charge in [-0.3, -0.25) is 4.90 Å². The van der Waals surface area contributed by atoms with E-state index in [1.54, 1.807) is 0 Å². The van der Waals surface area contributed by atoms with E-state index in [1.165, 1.54) is 0 Å². The topological polar surface area (TPSA) is 138 Å². The molecule has 0 aliphatic rings. The van der Waals surface area contributed by atoms with Crippen molar-refractivity contribution in [1.82, 2.24) is 24.7 Å². The molecule has 3 heterocycles. The number of rotatable bonds is 4. The number of aromatic nitrogens is 5. The van der Waals surface area contributed by atoms with Crippen LogP contribution in [0.1, 0.15) is 22.0 Å². The molecule has 0 saturated heterocycles. The zero-order chi connectivity index (χ0) is 32.5. The van der Waals surface area contributed by atoms with Crippen LogP contribution in [0, 0.1) is 5.82 Å². The zero-order valence-corrected chi connectivity index (χ0v) is 15.5. The van der Waals surface area contributed by atoms with E-state index in [4.69, 9.17) is 27.9 Å². The van der Waals surface area contributed by atoms with Crippen LogP contribution in [0.25, 0.3) is 22.6 Å². The third-order valence-corrected chi connectivity index (χ3v) is 3.86. The molecule has 158 valence electrons. The monoisotopic (exact) mass is 434 g/mol. The van der Waals surface area contributed by atoms with Crippen LogP contribution in [-0.2, 0) is 11.2 Å². The molecule has 1 aromatic carbocycles. The minimum absolute atomic E-state index is 0.105. The largest absolute Gasteiger partial charge is 0.452 e. The Hall–Kier alpha value is -4.28. The number of pyridine rings is 1. The summed E-state index contributed by atoms with van der Waals surface area (Å²) in [6, 6.07) is -5.70. The average Bonchev–Trinajstić information content (AvgIpc) is 3.30. The molecule has 0 spiro atoms. The molecule has 11 heteroatoms. The number of hydrogen-bond acceptors (Lipinski definition) is 8. The summed E-state index contributed by atoms with van der Waals surface area (Å²) in [5.74, 6) is -3.67. The van der Waals surface area contributed by atoms with Gasteiger partial charge in [0.25, 0.3) is 0 Å². The highest BCUT2D eigenvalue weighted by atomic mass is 19.1. The third kappa shape index (κ3) is 3.56. The number of nitrogens with zero attached hydrogens (tertiary/aromatic N) is 6. The Morgan fingerprint density at radius 3 is 2.74 bits per heavy atom. The number of benzene rings is 1. The van der Waals surface area contributed by atoms with Gasteiger partial charge < -0.3 is 16.2 Å². The Bertz CT molecular complexity index is 1780. The normalized spacial score (nSPS) is 17.4. The van der Waals surface area contributed by atoms with Gasteiger partial charge >= 0.3 is 6.09 Å². The molecule has 10 nitrogen and oxygen atoms in total. The highest BCUT2D eigenvalue weighted by molar-refractivity contribution is 5.96. The van der Waals surface area contributed by atoms with Crippen LogP contribution in [-0.4, -0.2) is 44.9 Å². The molecule has 0 aliphatic carbocycles. The summed E-state index contributed by atoms with van der Waals surface area (Å²) in [5.41, 5.74) is 8.82. The lowest BCUT2D eigenvalue weighted by atomic mass is 10.2. The predicted octanol–water partition coefficient (Wildman–Crippen LogP) is 2.44. The summed E-state index contributed by atoms with van der Waals surface area (Å²) >= 11 is 0. The first kappa shape index (κ1) is 10.2. The first-order valence-electron chi connectivity index (χ1n) is 14.2. The van der Waals surface area contributed by atoms with Gasteiger partial charge in [0, 0.05) is 22.8 Å². The van der Waals surface area contributed by atoms with Crippen LogP contribution in [0.2, 0.25) is 0 Å². The molecule has 0 bridgehead atoms. The van der Waals surface area contributed by atoms with Crippen LogP contribution in [0.15, 0.2) is 42.4 Å². The van der Waals surface area contributed by atoms with Gasteiger partial charge in [-0.15, -0.1) is 0 Å². The number of amides is 1. The minimum atomic E-state index is -3.27. The lowest BCUT2D eigenvalue weighted by Gasteiger charge is -2.18. The van der Waals surface area contributed by atoms with Crippen molar-refractivity contribution < 1.29 is 30.4 Å². The van der Waals surface area contributed by atoms with Crippen molar-refractivity contribution in [2.45, 2.75) is 6.50 Å². The molecule has 0 radical (unpaired) electrons. The fraction of sp³-hybridized carbons (Fsp3) is 0.150.